The number of piperidine rings is 1. The van der Waals surface area contributed by atoms with E-state index in [9.17, 15) is 4.79 Å². The van der Waals surface area contributed by atoms with E-state index in [0.29, 0.717) is 23.0 Å². The van der Waals surface area contributed by atoms with E-state index in [1.807, 2.05) is 13.0 Å². The number of nitrogens with one attached hydrogen (secondary N) is 1. The Kier molecular flexibility index (Phi) is 6.75. The van der Waals surface area contributed by atoms with Crippen LogP contribution in [0.4, 0.5) is 5.69 Å². The molecule has 0 amide bonds. The number of halogens is 1. The first-order valence-electron chi connectivity index (χ1n) is 9.21. The Balaban J connectivity index is 2.24. The second-order valence-corrected chi connectivity index (χ2v) is 8.35. The second-order valence-electron chi connectivity index (χ2n) is 7.95. The predicted molar refractivity (Wildman–Crippen MR) is 109 cm³/mol. The van der Waals surface area contributed by atoms with Crippen LogP contribution in [0.2, 0.25) is 5.02 Å². The van der Waals surface area contributed by atoms with Gasteiger partial charge in [-0.25, -0.2) is 4.79 Å². The monoisotopic (exact) mass is 378 g/mol. The summed E-state index contributed by atoms with van der Waals surface area (Å²) in [5.74, 6) is -0.354. The fraction of sp³-hybridized carbons (Fsp3) is 0.571. The summed E-state index contributed by atoms with van der Waals surface area (Å²) < 4.78 is 4.99. The first-order valence-corrected chi connectivity index (χ1v) is 9.59. The average Bonchev–Trinajstić information content (AvgIpc) is 2.58. The molecule has 1 aliphatic rings. The highest BCUT2D eigenvalue weighted by Crippen LogP contribution is 2.33. The highest BCUT2D eigenvalue weighted by atomic mass is 35.5. The lowest BCUT2D eigenvalue weighted by Gasteiger charge is -2.41. The Hall–Kier alpha value is -1.52. The Morgan fingerprint density at radius 1 is 1.42 bits per heavy atom. The van der Waals surface area contributed by atoms with Gasteiger partial charge in [0.25, 0.3) is 0 Å². The summed E-state index contributed by atoms with van der Waals surface area (Å²) in [7, 11) is 1.40. The van der Waals surface area contributed by atoms with Crippen molar-refractivity contribution >= 4 is 23.3 Å². The van der Waals surface area contributed by atoms with E-state index < -0.39 is 0 Å². The summed E-state index contributed by atoms with van der Waals surface area (Å²) in [5.41, 5.74) is 3.33. The van der Waals surface area contributed by atoms with Gasteiger partial charge >= 0.3 is 5.97 Å². The highest BCUT2D eigenvalue weighted by molar-refractivity contribution is 6.32. The fourth-order valence-electron chi connectivity index (χ4n) is 3.59. The Bertz CT molecular complexity index is 672. The molecule has 1 aliphatic heterocycles. The van der Waals surface area contributed by atoms with Crippen LogP contribution >= 0.6 is 11.6 Å². The Labute approximate surface area is 162 Å². The molecule has 4 nitrogen and oxygen atoms in total. The van der Waals surface area contributed by atoms with Gasteiger partial charge in [-0.05, 0) is 64.2 Å². The number of nitrogens with zero attached hydrogens (tertiary/aromatic N) is 1. The number of rotatable bonds is 5. The summed E-state index contributed by atoms with van der Waals surface area (Å²) in [4.78, 5) is 14.8. The van der Waals surface area contributed by atoms with Crippen LogP contribution in [0.25, 0.3) is 0 Å². The van der Waals surface area contributed by atoms with Gasteiger partial charge in [0.2, 0.25) is 0 Å². The molecule has 1 heterocycles. The summed E-state index contributed by atoms with van der Waals surface area (Å²) in [6.07, 6.45) is 4.42. The molecule has 1 N–H and O–H groups in total. The van der Waals surface area contributed by atoms with Crippen LogP contribution in [0.3, 0.4) is 0 Å². The zero-order valence-electron chi connectivity index (χ0n) is 16.6. The first kappa shape index (κ1) is 20.8. The van der Waals surface area contributed by atoms with Crippen molar-refractivity contribution in [3.8, 4) is 0 Å². The van der Waals surface area contributed by atoms with Gasteiger partial charge < -0.3 is 10.1 Å². The molecule has 2 rings (SSSR count). The molecule has 0 radical (unpaired) electrons. The number of hydrogen-bond acceptors (Lipinski definition) is 4. The number of anilines is 1. The molecule has 0 bridgehead atoms. The van der Waals surface area contributed by atoms with E-state index in [1.54, 1.807) is 6.08 Å². The molecule has 0 aromatic heterocycles. The predicted octanol–water partition coefficient (Wildman–Crippen LogP) is 4.84. The van der Waals surface area contributed by atoms with Crippen LogP contribution in [0.5, 0.6) is 0 Å². The van der Waals surface area contributed by atoms with Gasteiger partial charge in [0, 0.05) is 35.4 Å². The number of esters is 1. The SMILES string of the molecule is C=CCc1c(Cl)cc(NC2CCN(C(C)(C)C)CC2)c(C)c1C(=O)OC. The maximum Gasteiger partial charge on any atom is 0.338 e. The lowest BCUT2D eigenvalue weighted by atomic mass is 9.95. The van der Waals surface area contributed by atoms with Gasteiger partial charge in [-0.2, -0.15) is 0 Å². The molecule has 0 unspecified atom stereocenters. The molecular weight excluding hydrogens is 348 g/mol. The van der Waals surface area contributed by atoms with Crippen LogP contribution in [0.15, 0.2) is 18.7 Å². The van der Waals surface area contributed by atoms with Crippen molar-refractivity contribution in [1.29, 1.82) is 0 Å². The van der Waals surface area contributed by atoms with E-state index in [0.717, 1.165) is 42.7 Å². The molecule has 5 heteroatoms. The molecule has 1 saturated heterocycles. The third-order valence-electron chi connectivity index (χ3n) is 5.18. The minimum atomic E-state index is -0.354. The zero-order valence-corrected chi connectivity index (χ0v) is 17.4. The summed E-state index contributed by atoms with van der Waals surface area (Å²) in [5, 5.41) is 4.18. The van der Waals surface area contributed by atoms with Crippen LogP contribution in [0.1, 0.15) is 55.1 Å². The molecule has 1 aromatic rings. The van der Waals surface area contributed by atoms with Gasteiger partial charge in [-0.3, -0.25) is 4.90 Å². The Morgan fingerprint density at radius 2 is 2.04 bits per heavy atom. The maximum atomic E-state index is 12.3. The standard InChI is InChI=1S/C21H31ClN2O2/c1-7-8-16-17(22)13-18(14(2)19(16)20(25)26-6)23-15-9-11-24(12-10-15)21(3,4)5/h7,13,15,23H,1,8-12H2,2-6H3. The minimum Gasteiger partial charge on any atom is -0.465 e. The number of ether oxygens (including phenoxy) is 1. The van der Waals surface area contributed by atoms with Crippen LogP contribution < -0.4 is 5.32 Å². The van der Waals surface area contributed by atoms with Gasteiger partial charge in [-0.1, -0.05) is 17.7 Å². The van der Waals surface area contributed by atoms with E-state index in [1.165, 1.54) is 7.11 Å². The quantitative estimate of drug-likeness (QED) is 0.588. The van der Waals surface area contributed by atoms with E-state index in [4.69, 9.17) is 16.3 Å². The zero-order chi connectivity index (χ0) is 19.5. The van der Waals surface area contributed by atoms with Gasteiger partial charge in [-0.15, -0.1) is 6.58 Å². The lowest BCUT2D eigenvalue weighted by molar-refractivity contribution is 0.0599. The number of likely N-dealkylation sites (tertiary alicyclic amines) is 1. The van der Waals surface area contributed by atoms with Crippen LogP contribution in [-0.4, -0.2) is 42.6 Å². The molecule has 144 valence electrons. The maximum absolute atomic E-state index is 12.3. The van der Waals surface area contributed by atoms with Crippen molar-refractivity contribution in [1.82, 2.24) is 4.90 Å². The van der Waals surface area contributed by atoms with Crippen LogP contribution in [0, 0.1) is 6.92 Å². The third-order valence-corrected chi connectivity index (χ3v) is 5.52. The molecular formula is C21H31ClN2O2. The number of allylic oxidation sites excluding steroid dienone is 1. The van der Waals surface area contributed by atoms with E-state index in [-0.39, 0.29) is 11.5 Å². The number of carbonyl (C=O) groups excluding carboxylic acids is 1. The number of methoxy groups -OCH3 is 1. The van der Waals surface area contributed by atoms with E-state index in [2.05, 4.69) is 37.6 Å². The molecule has 1 fully saturated rings. The molecule has 1 aromatic carbocycles. The van der Waals surface area contributed by atoms with Crippen molar-refractivity contribution in [3.05, 3.63) is 40.4 Å². The van der Waals surface area contributed by atoms with Crippen molar-refractivity contribution in [2.45, 2.75) is 58.5 Å². The van der Waals surface area contributed by atoms with Crippen molar-refractivity contribution in [2.75, 3.05) is 25.5 Å². The molecule has 26 heavy (non-hydrogen) atoms. The summed E-state index contributed by atoms with van der Waals surface area (Å²) in [6, 6.07) is 2.30. The highest BCUT2D eigenvalue weighted by Gasteiger charge is 2.28. The number of hydrogen-bond donors (Lipinski definition) is 1. The number of benzene rings is 1. The normalized spacial score (nSPS) is 16.4. The Morgan fingerprint density at radius 3 is 2.54 bits per heavy atom. The average molecular weight is 379 g/mol. The van der Waals surface area contributed by atoms with Crippen molar-refractivity contribution < 1.29 is 9.53 Å². The van der Waals surface area contributed by atoms with Crippen molar-refractivity contribution in [3.63, 3.8) is 0 Å². The van der Waals surface area contributed by atoms with Gasteiger partial charge in [0.05, 0.1) is 12.7 Å². The smallest absolute Gasteiger partial charge is 0.338 e. The van der Waals surface area contributed by atoms with Gasteiger partial charge in [0.15, 0.2) is 0 Å². The number of carbonyl (C=O) groups is 1. The molecule has 0 saturated carbocycles. The second kappa shape index (κ2) is 8.45. The van der Waals surface area contributed by atoms with Gasteiger partial charge in [0.1, 0.15) is 0 Å². The minimum absolute atomic E-state index is 0.203. The summed E-state index contributed by atoms with van der Waals surface area (Å²) >= 11 is 6.48. The lowest BCUT2D eigenvalue weighted by Crippen LogP contribution is -2.48. The van der Waals surface area contributed by atoms with Crippen LogP contribution in [-0.2, 0) is 11.2 Å². The fourth-order valence-corrected chi connectivity index (χ4v) is 3.87. The summed E-state index contributed by atoms with van der Waals surface area (Å²) in [6.45, 7) is 14.6. The molecule has 0 aliphatic carbocycles. The molecule has 0 atom stereocenters. The third kappa shape index (κ3) is 4.60. The van der Waals surface area contributed by atoms with E-state index >= 15 is 0 Å². The first-order chi connectivity index (χ1) is 12.2. The molecule has 0 spiro atoms. The van der Waals surface area contributed by atoms with Crippen molar-refractivity contribution in [2.24, 2.45) is 0 Å². The largest absolute Gasteiger partial charge is 0.465 e. The topological polar surface area (TPSA) is 41.6 Å².